The number of hydrogen-bond donors (Lipinski definition) is 1. The van der Waals surface area contributed by atoms with Gasteiger partial charge in [-0.3, -0.25) is 9.67 Å². The van der Waals surface area contributed by atoms with Gasteiger partial charge in [0.25, 0.3) is 0 Å². The van der Waals surface area contributed by atoms with Crippen molar-refractivity contribution in [3.63, 3.8) is 0 Å². The molecule has 0 saturated heterocycles. The van der Waals surface area contributed by atoms with Crippen LogP contribution in [0.3, 0.4) is 0 Å². The molecule has 2 heterocycles. The Morgan fingerprint density at radius 3 is 2.95 bits per heavy atom. The minimum absolute atomic E-state index is 0.105. The van der Waals surface area contributed by atoms with Crippen LogP contribution in [0.5, 0.6) is 5.75 Å². The van der Waals surface area contributed by atoms with Crippen LogP contribution in [-0.4, -0.2) is 25.8 Å². The van der Waals surface area contributed by atoms with Crippen molar-refractivity contribution in [1.29, 1.82) is 0 Å². The molecular formula is C13H15N3O3. The number of hydrogen-bond acceptors (Lipinski definition) is 4. The van der Waals surface area contributed by atoms with Crippen LogP contribution in [0.1, 0.15) is 28.7 Å². The summed E-state index contributed by atoms with van der Waals surface area (Å²) >= 11 is 0. The van der Waals surface area contributed by atoms with Crippen molar-refractivity contribution in [3.8, 4) is 5.75 Å². The molecule has 0 saturated carbocycles. The minimum Gasteiger partial charge on any atom is -0.485 e. The Balaban J connectivity index is 2.14. The maximum Gasteiger partial charge on any atom is 0.339 e. The molecule has 2 aromatic heterocycles. The molecule has 19 heavy (non-hydrogen) atoms. The van der Waals surface area contributed by atoms with E-state index in [4.69, 9.17) is 9.84 Å². The van der Waals surface area contributed by atoms with Crippen LogP contribution in [0.4, 0.5) is 0 Å². The maximum atomic E-state index is 11.0. The fourth-order valence-corrected chi connectivity index (χ4v) is 1.70. The molecule has 1 N–H and O–H groups in total. The molecular weight excluding hydrogens is 246 g/mol. The van der Waals surface area contributed by atoms with E-state index in [0.717, 1.165) is 17.8 Å². The van der Waals surface area contributed by atoms with Crippen molar-refractivity contribution in [1.82, 2.24) is 14.8 Å². The SMILES string of the molecule is CCc1cc(COc2cnccc2C(=O)O)n(C)n1. The molecule has 0 fully saturated rings. The van der Waals surface area contributed by atoms with Gasteiger partial charge >= 0.3 is 5.97 Å². The number of aromatic nitrogens is 3. The van der Waals surface area contributed by atoms with Crippen molar-refractivity contribution in [2.75, 3.05) is 0 Å². The molecule has 0 atom stereocenters. The van der Waals surface area contributed by atoms with E-state index in [-0.39, 0.29) is 17.9 Å². The number of carboxylic acids is 1. The van der Waals surface area contributed by atoms with Crippen LogP contribution in [0, 0.1) is 0 Å². The molecule has 100 valence electrons. The van der Waals surface area contributed by atoms with Gasteiger partial charge in [-0.15, -0.1) is 0 Å². The molecule has 0 spiro atoms. The van der Waals surface area contributed by atoms with Gasteiger partial charge in [0.2, 0.25) is 0 Å². The summed E-state index contributed by atoms with van der Waals surface area (Å²) in [5, 5.41) is 13.3. The zero-order valence-corrected chi connectivity index (χ0v) is 10.8. The van der Waals surface area contributed by atoms with Gasteiger partial charge in [-0.25, -0.2) is 4.79 Å². The highest BCUT2D eigenvalue weighted by molar-refractivity contribution is 5.90. The molecule has 0 aliphatic carbocycles. The Morgan fingerprint density at radius 1 is 1.53 bits per heavy atom. The smallest absolute Gasteiger partial charge is 0.339 e. The van der Waals surface area contributed by atoms with Gasteiger partial charge in [-0.1, -0.05) is 6.92 Å². The summed E-state index contributed by atoms with van der Waals surface area (Å²) in [6.45, 7) is 2.28. The van der Waals surface area contributed by atoms with E-state index in [0.29, 0.717) is 0 Å². The van der Waals surface area contributed by atoms with Gasteiger partial charge in [-0.2, -0.15) is 5.10 Å². The Morgan fingerprint density at radius 2 is 2.32 bits per heavy atom. The number of ether oxygens (including phenoxy) is 1. The van der Waals surface area contributed by atoms with Crippen LogP contribution < -0.4 is 4.74 Å². The van der Waals surface area contributed by atoms with Crippen LogP contribution in [0.25, 0.3) is 0 Å². The first-order valence-electron chi connectivity index (χ1n) is 5.93. The second kappa shape index (κ2) is 5.51. The second-order valence-corrected chi connectivity index (χ2v) is 4.07. The summed E-state index contributed by atoms with van der Waals surface area (Å²) < 4.78 is 7.25. The normalized spacial score (nSPS) is 10.4. The molecule has 0 amide bonds. The van der Waals surface area contributed by atoms with Crippen molar-refractivity contribution < 1.29 is 14.6 Å². The lowest BCUT2D eigenvalue weighted by atomic mass is 10.2. The van der Waals surface area contributed by atoms with Crippen LogP contribution in [0.2, 0.25) is 0 Å². The summed E-state index contributed by atoms with van der Waals surface area (Å²) in [6.07, 6.45) is 3.68. The van der Waals surface area contributed by atoms with Gasteiger partial charge in [0.15, 0.2) is 5.75 Å². The number of aryl methyl sites for hydroxylation is 2. The Hall–Kier alpha value is -2.37. The molecule has 0 radical (unpaired) electrons. The number of pyridine rings is 1. The molecule has 0 bridgehead atoms. The third-order valence-corrected chi connectivity index (χ3v) is 2.78. The third kappa shape index (κ3) is 2.90. The summed E-state index contributed by atoms with van der Waals surface area (Å²) in [5.41, 5.74) is 1.97. The standard InChI is InChI=1S/C13H15N3O3/c1-3-9-6-10(16(2)15-9)8-19-12-7-14-5-4-11(12)13(17)18/h4-7H,3,8H2,1-2H3,(H,17,18). The van der Waals surface area contributed by atoms with Crippen LogP contribution in [-0.2, 0) is 20.1 Å². The van der Waals surface area contributed by atoms with Gasteiger partial charge < -0.3 is 9.84 Å². The molecule has 6 nitrogen and oxygen atoms in total. The number of aromatic carboxylic acids is 1. The van der Waals surface area contributed by atoms with E-state index < -0.39 is 5.97 Å². The van der Waals surface area contributed by atoms with Crippen LogP contribution >= 0.6 is 0 Å². The van der Waals surface area contributed by atoms with Crippen molar-refractivity contribution in [3.05, 3.63) is 41.5 Å². The zero-order chi connectivity index (χ0) is 13.8. The maximum absolute atomic E-state index is 11.0. The fraction of sp³-hybridized carbons (Fsp3) is 0.308. The van der Waals surface area contributed by atoms with Crippen molar-refractivity contribution in [2.45, 2.75) is 20.0 Å². The summed E-state index contributed by atoms with van der Waals surface area (Å²) in [6, 6.07) is 3.36. The predicted octanol–water partition coefficient (Wildman–Crippen LogP) is 1.65. The van der Waals surface area contributed by atoms with Crippen LogP contribution in [0.15, 0.2) is 24.5 Å². The summed E-state index contributed by atoms with van der Waals surface area (Å²) in [5.74, 6) is -0.772. The van der Waals surface area contributed by atoms with Crippen molar-refractivity contribution in [2.24, 2.45) is 7.05 Å². The van der Waals surface area contributed by atoms with E-state index >= 15 is 0 Å². The first-order chi connectivity index (χ1) is 9.11. The molecule has 2 rings (SSSR count). The lowest BCUT2D eigenvalue weighted by Gasteiger charge is -2.08. The van der Waals surface area contributed by atoms with Gasteiger partial charge in [0.1, 0.15) is 12.2 Å². The highest BCUT2D eigenvalue weighted by atomic mass is 16.5. The molecule has 0 aliphatic rings. The Kier molecular flexibility index (Phi) is 3.79. The quantitative estimate of drug-likeness (QED) is 0.885. The summed E-state index contributed by atoms with van der Waals surface area (Å²) in [4.78, 5) is 14.9. The highest BCUT2D eigenvalue weighted by Gasteiger charge is 2.12. The largest absolute Gasteiger partial charge is 0.485 e. The van der Waals surface area contributed by atoms with E-state index in [1.165, 1.54) is 18.5 Å². The third-order valence-electron chi connectivity index (χ3n) is 2.78. The Labute approximate surface area is 110 Å². The Bertz CT molecular complexity index is 593. The number of nitrogens with zero attached hydrogens (tertiary/aromatic N) is 3. The van der Waals surface area contributed by atoms with Crippen molar-refractivity contribution >= 4 is 5.97 Å². The lowest BCUT2D eigenvalue weighted by Crippen LogP contribution is -2.06. The first-order valence-corrected chi connectivity index (χ1v) is 5.93. The average Bonchev–Trinajstić information content (AvgIpc) is 2.77. The lowest BCUT2D eigenvalue weighted by molar-refractivity contribution is 0.0691. The minimum atomic E-state index is -1.03. The molecule has 0 unspecified atom stereocenters. The fourth-order valence-electron chi connectivity index (χ4n) is 1.70. The van der Waals surface area contributed by atoms with E-state index in [2.05, 4.69) is 10.1 Å². The monoisotopic (exact) mass is 261 g/mol. The van der Waals surface area contributed by atoms with E-state index in [1.807, 2.05) is 20.0 Å². The average molecular weight is 261 g/mol. The second-order valence-electron chi connectivity index (χ2n) is 4.07. The predicted molar refractivity (Wildman–Crippen MR) is 68.1 cm³/mol. The number of carbonyl (C=O) groups is 1. The van der Waals surface area contributed by atoms with E-state index in [9.17, 15) is 4.79 Å². The topological polar surface area (TPSA) is 77.2 Å². The molecule has 0 aliphatic heterocycles. The molecule has 0 aromatic carbocycles. The van der Waals surface area contributed by atoms with Gasteiger partial charge in [0.05, 0.1) is 17.6 Å². The number of rotatable bonds is 5. The number of carboxylic acid groups (broad SMARTS) is 1. The molecule has 2 aromatic rings. The summed E-state index contributed by atoms with van der Waals surface area (Å²) in [7, 11) is 1.83. The zero-order valence-electron chi connectivity index (χ0n) is 10.8. The molecule has 6 heteroatoms. The highest BCUT2D eigenvalue weighted by Crippen LogP contribution is 2.18. The first kappa shape index (κ1) is 13.1. The van der Waals surface area contributed by atoms with Gasteiger partial charge in [0, 0.05) is 13.2 Å². The van der Waals surface area contributed by atoms with Gasteiger partial charge in [-0.05, 0) is 18.6 Å². The van der Waals surface area contributed by atoms with E-state index in [1.54, 1.807) is 4.68 Å².